The van der Waals surface area contributed by atoms with E-state index < -0.39 is 5.97 Å². The molecule has 0 unspecified atom stereocenters. The Labute approximate surface area is 98.1 Å². The molecule has 0 saturated heterocycles. The van der Waals surface area contributed by atoms with Crippen LogP contribution in [0.5, 0.6) is 5.75 Å². The van der Waals surface area contributed by atoms with Gasteiger partial charge in [0.05, 0.1) is 13.7 Å². The summed E-state index contributed by atoms with van der Waals surface area (Å²) in [6, 6.07) is 4.94. The number of carbonyl (C=O) groups is 1. The van der Waals surface area contributed by atoms with Crippen LogP contribution in [0.3, 0.4) is 0 Å². The topological polar surface area (TPSA) is 74.7 Å². The summed E-state index contributed by atoms with van der Waals surface area (Å²) in [5.74, 6) is 0.144. The molecular weight excluding hydrogens is 222 g/mol. The summed E-state index contributed by atoms with van der Waals surface area (Å²) in [5, 5.41) is 0.713. The molecule has 0 aliphatic carbocycles. The van der Waals surface area contributed by atoms with Gasteiger partial charge in [-0.15, -0.1) is 0 Å². The minimum Gasteiger partial charge on any atom is -0.493 e. The van der Waals surface area contributed by atoms with Gasteiger partial charge in [-0.2, -0.15) is 0 Å². The first-order valence-electron chi connectivity index (χ1n) is 5.20. The molecule has 1 heterocycles. The van der Waals surface area contributed by atoms with Gasteiger partial charge in [0, 0.05) is 17.1 Å². The van der Waals surface area contributed by atoms with E-state index in [2.05, 4.69) is 0 Å². The molecule has 1 aromatic heterocycles. The zero-order chi connectivity index (χ0) is 12.4. The number of rotatable bonds is 3. The Hall–Kier alpha value is -2.17. The van der Waals surface area contributed by atoms with Gasteiger partial charge < -0.3 is 19.6 Å². The van der Waals surface area contributed by atoms with Crippen LogP contribution < -0.4 is 10.5 Å². The number of carbonyl (C=O) groups excluding carboxylic acids is 1. The number of hydrogen-bond acceptors (Lipinski definition) is 5. The van der Waals surface area contributed by atoms with Crippen molar-refractivity contribution < 1.29 is 18.7 Å². The number of hydrogen-bond donors (Lipinski definition) is 1. The average molecular weight is 235 g/mol. The lowest BCUT2D eigenvalue weighted by Gasteiger charge is -2.01. The summed E-state index contributed by atoms with van der Waals surface area (Å²) >= 11 is 0. The van der Waals surface area contributed by atoms with E-state index in [4.69, 9.17) is 19.6 Å². The molecular formula is C12H13NO4. The highest BCUT2D eigenvalue weighted by molar-refractivity contribution is 5.95. The van der Waals surface area contributed by atoms with Crippen molar-refractivity contribution in [3.05, 3.63) is 24.0 Å². The number of methoxy groups -OCH3 is 1. The van der Waals surface area contributed by atoms with Crippen molar-refractivity contribution in [3.63, 3.8) is 0 Å². The van der Waals surface area contributed by atoms with Gasteiger partial charge in [0.25, 0.3) is 0 Å². The van der Waals surface area contributed by atoms with Crippen LogP contribution in [0.25, 0.3) is 11.0 Å². The standard InChI is InChI=1S/C12H13NO4/c1-3-16-12(14)10-5-7-4-8(13)6-9(15-2)11(7)17-10/h4-6H,3,13H2,1-2H3. The van der Waals surface area contributed by atoms with E-state index in [0.717, 1.165) is 0 Å². The largest absolute Gasteiger partial charge is 0.493 e. The molecule has 0 spiro atoms. The molecule has 0 aliphatic heterocycles. The predicted molar refractivity (Wildman–Crippen MR) is 63.1 cm³/mol. The van der Waals surface area contributed by atoms with E-state index in [1.54, 1.807) is 25.1 Å². The lowest BCUT2D eigenvalue weighted by atomic mass is 10.2. The first-order valence-corrected chi connectivity index (χ1v) is 5.20. The normalized spacial score (nSPS) is 10.5. The molecule has 5 heteroatoms. The molecule has 0 bridgehead atoms. The highest BCUT2D eigenvalue weighted by Gasteiger charge is 2.16. The summed E-state index contributed by atoms with van der Waals surface area (Å²) < 4.78 is 15.4. The molecule has 2 aromatic rings. The molecule has 0 atom stereocenters. The predicted octanol–water partition coefficient (Wildman–Crippen LogP) is 2.20. The molecule has 0 aliphatic rings. The summed E-state index contributed by atoms with van der Waals surface area (Å²) in [4.78, 5) is 11.5. The fraction of sp³-hybridized carbons (Fsp3) is 0.250. The Kier molecular flexibility index (Phi) is 2.91. The van der Waals surface area contributed by atoms with E-state index >= 15 is 0 Å². The third kappa shape index (κ3) is 2.04. The van der Waals surface area contributed by atoms with Crippen LogP contribution >= 0.6 is 0 Å². The van der Waals surface area contributed by atoms with E-state index in [1.807, 2.05) is 0 Å². The number of benzene rings is 1. The minimum atomic E-state index is -0.496. The van der Waals surface area contributed by atoms with Gasteiger partial charge in [0.1, 0.15) is 0 Å². The van der Waals surface area contributed by atoms with Crippen molar-refractivity contribution in [2.75, 3.05) is 19.5 Å². The van der Waals surface area contributed by atoms with Gasteiger partial charge in [-0.25, -0.2) is 4.79 Å². The molecule has 17 heavy (non-hydrogen) atoms. The third-order valence-corrected chi connectivity index (χ3v) is 2.30. The second-order valence-electron chi connectivity index (χ2n) is 3.47. The first-order chi connectivity index (χ1) is 8.15. The van der Waals surface area contributed by atoms with E-state index in [0.29, 0.717) is 29.0 Å². The molecule has 2 rings (SSSR count). The number of anilines is 1. The molecule has 0 radical (unpaired) electrons. The maximum atomic E-state index is 11.5. The number of nitrogens with two attached hydrogens (primary N) is 1. The molecule has 1 aromatic carbocycles. The summed E-state index contributed by atoms with van der Waals surface area (Å²) in [6.45, 7) is 2.04. The van der Waals surface area contributed by atoms with Gasteiger partial charge in [-0.1, -0.05) is 0 Å². The summed E-state index contributed by atoms with van der Waals surface area (Å²) in [7, 11) is 1.51. The third-order valence-electron chi connectivity index (χ3n) is 2.30. The van der Waals surface area contributed by atoms with Crippen LogP contribution in [-0.4, -0.2) is 19.7 Å². The lowest BCUT2D eigenvalue weighted by molar-refractivity contribution is 0.0492. The van der Waals surface area contributed by atoms with E-state index in [1.165, 1.54) is 7.11 Å². The monoisotopic (exact) mass is 235 g/mol. The van der Waals surface area contributed by atoms with Crippen LogP contribution in [0.1, 0.15) is 17.5 Å². The highest BCUT2D eigenvalue weighted by atomic mass is 16.5. The fourth-order valence-electron chi connectivity index (χ4n) is 1.60. The zero-order valence-corrected chi connectivity index (χ0v) is 9.65. The SMILES string of the molecule is CCOC(=O)c1cc2cc(N)cc(OC)c2o1. The maximum absolute atomic E-state index is 11.5. The van der Waals surface area contributed by atoms with Gasteiger partial charge in [-0.05, 0) is 19.1 Å². The zero-order valence-electron chi connectivity index (χ0n) is 9.65. The van der Waals surface area contributed by atoms with Crippen molar-refractivity contribution in [2.45, 2.75) is 6.92 Å². The van der Waals surface area contributed by atoms with Crippen LogP contribution in [0.2, 0.25) is 0 Å². The second kappa shape index (κ2) is 4.37. The first kappa shape index (κ1) is 11.3. The molecule has 0 fully saturated rings. The van der Waals surface area contributed by atoms with E-state index in [-0.39, 0.29) is 5.76 Å². The average Bonchev–Trinajstić information content (AvgIpc) is 2.71. The fourth-order valence-corrected chi connectivity index (χ4v) is 1.60. The van der Waals surface area contributed by atoms with Gasteiger partial charge in [0.15, 0.2) is 11.3 Å². The van der Waals surface area contributed by atoms with Crippen molar-refractivity contribution in [1.82, 2.24) is 0 Å². The Morgan fingerprint density at radius 2 is 2.18 bits per heavy atom. The minimum absolute atomic E-state index is 0.144. The number of ether oxygens (including phenoxy) is 2. The summed E-state index contributed by atoms with van der Waals surface area (Å²) in [6.07, 6.45) is 0. The maximum Gasteiger partial charge on any atom is 0.374 e. The Morgan fingerprint density at radius 1 is 1.41 bits per heavy atom. The molecule has 5 nitrogen and oxygen atoms in total. The number of furan rings is 1. The molecule has 90 valence electrons. The Bertz CT molecular complexity index is 559. The highest BCUT2D eigenvalue weighted by Crippen LogP contribution is 2.31. The molecule has 0 saturated carbocycles. The van der Waals surface area contributed by atoms with E-state index in [9.17, 15) is 4.79 Å². The number of fused-ring (bicyclic) bond motifs is 1. The van der Waals surface area contributed by atoms with Crippen molar-refractivity contribution in [3.8, 4) is 5.75 Å². The van der Waals surface area contributed by atoms with Crippen LogP contribution in [0.4, 0.5) is 5.69 Å². The number of nitrogen functional groups attached to an aromatic ring is 1. The van der Waals surface area contributed by atoms with Crippen molar-refractivity contribution in [2.24, 2.45) is 0 Å². The van der Waals surface area contributed by atoms with Gasteiger partial charge in [0.2, 0.25) is 5.76 Å². The van der Waals surface area contributed by atoms with Crippen LogP contribution in [0.15, 0.2) is 22.6 Å². The number of esters is 1. The lowest BCUT2D eigenvalue weighted by Crippen LogP contribution is -2.02. The quantitative estimate of drug-likeness (QED) is 0.652. The van der Waals surface area contributed by atoms with Crippen molar-refractivity contribution in [1.29, 1.82) is 0 Å². The van der Waals surface area contributed by atoms with Crippen LogP contribution in [-0.2, 0) is 4.74 Å². The second-order valence-corrected chi connectivity index (χ2v) is 3.47. The molecule has 0 amide bonds. The van der Waals surface area contributed by atoms with Gasteiger partial charge >= 0.3 is 5.97 Å². The molecule has 2 N–H and O–H groups in total. The van der Waals surface area contributed by atoms with Crippen molar-refractivity contribution >= 4 is 22.6 Å². The summed E-state index contributed by atoms with van der Waals surface area (Å²) in [5.41, 5.74) is 6.74. The smallest absolute Gasteiger partial charge is 0.374 e. The Balaban J connectivity index is 2.53. The Morgan fingerprint density at radius 3 is 2.82 bits per heavy atom. The van der Waals surface area contributed by atoms with Crippen LogP contribution in [0, 0.1) is 0 Å². The van der Waals surface area contributed by atoms with Gasteiger partial charge in [-0.3, -0.25) is 0 Å².